The molecule has 0 heterocycles. The number of aliphatic hydroxyl groups excluding tert-OH is 1. The molecular formula is C13H17O4. The highest BCUT2D eigenvalue weighted by Crippen LogP contribution is 2.27. The average molecular weight is 237 g/mol. The highest BCUT2D eigenvalue weighted by molar-refractivity contribution is 5.69. The molecule has 0 saturated heterocycles. The predicted octanol–water partition coefficient (Wildman–Crippen LogP) is 1.95. The third kappa shape index (κ3) is 4.07. The van der Waals surface area contributed by atoms with Crippen molar-refractivity contribution >= 4 is 5.97 Å². The van der Waals surface area contributed by atoms with E-state index in [1.165, 1.54) is 6.92 Å². The van der Waals surface area contributed by atoms with E-state index in [4.69, 9.17) is 14.6 Å². The van der Waals surface area contributed by atoms with Crippen molar-refractivity contribution in [3.63, 3.8) is 0 Å². The van der Waals surface area contributed by atoms with Gasteiger partial charge in [-0.25, -0.2) is 0 Å². The molecule has 17 heavy (non-hydrogen) atoms. The number of hydrogen-bond donors (Lipinski definition) is 1. The van der Waals surface area contributed by atoms with Crippen LogP contribution in [0.1, 0.15) is 26.3 Å². The van der Waals surface area contributed by atoms with Crippen LogP contribution in [0, 0.1) is 5.92 Å². The smallest absolute Gasteiger partial charge is 0.308 e. The largest absolute Gasteiger partial charge is 0.494 e. The Balaban J connectivity index is 3.04. The summed E-state index contributed by atoms with van der Waals surface area (Å²) in [5.41, 5.74) is 0.801. The number of benzene rings is 1. The van der Waals surface area contributed by atoms with Crippen LogP contribution in [0.25, 0.3) is 0 Å². The van der Waals surface area contributed by atoms with E-state index in [1.54, 1.807) is 12.1 Å². The predicted molar refractivity (Wildman–Crippen MR) is 64.0 cm³/mol. The monoisotopic (exact) mass is 237 g/mol. The van der Waals surface area contributed by atoms with Gasteiger partial charge in [0.1, 0.15) is 11.5 Å². The molecule has 0 aliphatic rings. The van der Waals surface area contributed by atoms with Gasteiger partial charge in [0.25, 0.3) is 0 Å². The SMILES string of the molecule is CCOc1cc(OC(C)=O)cc([C](C)CO)c1. The fourth-order valence-corrected chi connectivity index (χ4v) is 1.38. The van der Waals surface area contributed by atoms with E-state index in [0.29, 0.717) is 18.1 Å². The number of carbonyl (C=O) groups excluding carboxylic acids is 1. The minimum absolute atomic E-state index is 0.0465. The Hall–Kier alpha value is -1.55. The second-order valence-corrected chi connectivity index (χ2v) is 3.66. The maximum Gasteiger partial charge on any atom is 0.308 e. The van der Waals surface area contributed by atoms with Crippen molar-refractivity contribution < 1.29 is 19.4 Å². The molecule has 4 nitrogen and oxygen atoms in total. The molecule has 0 saturated carbocycles. The van der Waals surface area contributed by atoms with E-state index in [-0.39, 0.29) is 12.6 Å². The number of aliphatic hydroxyl groups is 1. The molecular weight excluding hydrogens is 220 g/mol. The molecule has 0 aliphatic carbocycles. The standard InChI is InChI=1S/C13H17O4/c1-4-16-12-5-11(9(2)8-14)6-13(7-12)17-10(3)15/h5-7,14H,4,8H2,1-3H3. The molecule has 1 rings (SSSR count). The van der Waals surface area contributed by atoms with Crippen molar-refractivity contribution in [1.29, 1.82) is 0 Å². The van der Waals surface area contributed by atoms with E-state index in [1.807, 2.05) is 19.9 Å². The van der Waals surface area contributed by atoms with Gasteiger partial charge in [0, 0.05) is 18.9 Å². The van der Waals surface area contributed by atoms with Gasteiger partial charge in [0.15, 0.2) is 0 Å². The normalized spacial score (nSPS) is 10.4. The van der Waals surface area contributed by atoms with Gasteiger partial charge in [0.05, 0.1) is 13.2 Å². The van der Waals surface area contributed by atoms with Gasteiger partial charge in [-0.2, -0.15) is 0 Å². The lowest BCUT2D eigenvalue weighted by Crippen LogP contribution is -2.05. The van der Waals surface area contributed by atoms with E-state index < -0.39 is 0 Å². The Kier molecular flexibility index (Phi) is 4.97. The van der Waals surface area contributed by atoms with Gasteiger partial charge < -0.3 is 14.6 Å². The third-order valence-corrected chi connectivity index (χ3v) is 2.18. The van der Waals surface area contributed by atoms with Crippen molar-refractivity contribution in [2.75, 3.05) is 13.2 Å². The van der Waals surface area contributed by atoms with Crippen molar-refractivity contribution in [3.8, 4) is 11.5 Å². The summed E-state index contributed by atoms with van der Waals surface area (Å²) in [6, 6.07) is 5.16. The number of carbonyl (C=O) groups is 1. The molecule has 1 N–H and O–H groups in total. The lowest BCUT2D eigenvalue weighted by atomic mass is 10.0. The van der Waals surface area contributed by atoms with Crippen LogP contribution in [0.4, 0.5) is 0 Å². The minimum atomic E-state index is -0.383. The molecule has 4 heteroatoms. The van der Waals surface area contributed by atoms with Gasteiger partial charge >= 0.3 is 5.97 Å². The van der Waals surface area contributed by atoms with Crippen molar-refractivity contribution in [2.24, 2.45) is 0 Å². The van der Waals surface area contributed by atoms with Crippen molar-refractivity contribution in [2.45, 2.75) is 20.8 Å². The summed E-state index contributed by atoms with van der Waals surface area (Å²) in [5, 5.41) is 9.10. The summed E-state index contributed by atoms with van der Waals surface area (Å²) < 4.78 is 10.4. The Morgan fingerprint density at radius 2 is 1.88 bits per heavy atom. The number of rotatable bonds is 5. The second kappa shape index (κ2) is 6.25. The molecule has 93 valence electrons. The summed E-state index contributed by atoms with van der Waals surface area (Å²) in [4.78, 5) is 10.9. The van der Waals surface area contributed by atoms with Crippen LogP contribution in [0.2, 0.25) is 0 Å². The van der Waals surface area contributed by atoms with Gasteiger partial charge in [-0.05, 0) is 24.6 Å². The number of hydrogen-bond acceptors (Lipinski definition) is 4. The summed E-state index contributed by atoms with van der Waals surface area (Å²) in [7, 11) is 0. The summed E-state index contributed by atoms with van der Waals surface area (Å²) in [6.45, 7) is 5.51. The first kappa shape index (κ1) is 13.5. The highest BCUT2D eigenvalue weighted by atomic mass is 16.5. The fraction of sp³-hybridized carbons (Fsp3) is 0.385. The maximum atomic E-state index is 10.9. The highest BCUT2D eigenvalue weighted by Gasteiger charge is 2.10. The van der Waals surface area contributed by atoms with Gasteiger partial charge in [0.2, 0.25) is 0 Å². The first-order chi connectivity index (χ1) is 8.06. The topological polar surface area (TPSA) is 55.8 Å². The molecule has 0 atom stereocenters. The zero-order valence-corrected chi connectivity index (χ0v) is 10.3. The van der Waals surface area contributed by atoms with Crippen LogP contribution in [-0.2, 0) is 4.79 Å². The Bertz CT molecular complexity index is 387. The van der Waals surface area contributed by atoms with Gasteiger partial charge in [-0.1, -0.05) is 6.92 Å². The zero-order chi connectivity index (χ0) is 12.8. The lowest BCUT2D eigenvalue weighted by Gasteiger charge is -2.12. The molecule has 1 aromatic carbocycles. The Labute approximate surface area is 101 Å². The molecule has 0 aromatic heterocycles. The maximum absolute atomic E-state index is 10.9. The minimum Gasteiger partial charge on any atom is -0.494 e. The Morgan fingerprint density at radius 1 is 1.24 bits per heavy atom. The molecule has 1 radical (unpaired) electrons. The van der Waals surface area contributed by atoms with E-state index >= 15 is 0 Å². The van der Waals surface area contributed by atoms with Gasteiger partial charge in [-0.3, -0.25) is 4.79 Å². The fourth-order valence-electron chi connectivity index (χ4n) is 1.38. The molecule has 0 amide bonds. The summed E-state index contributed by atoms with van der Waals surface area (Å²) in [5.74, 6) is 1.45. The third-order valence-electron chi connectivity index (χ3n) is 2.18. The van der Waals surface area contributed by atoms with Gasteiger partial charge in [-0.15, -0.1) is 0 Å². The van der Waals surface area contributed by atoms with Crippen molar-refractivity contribution in [3.05, 3.63) is 29.7 Å². The molecule has 0 spiro atoms. The molecule has 0 unspecified atom stereocenters. The number of ether oxygens (including phenoxy) is 2. The second-order valence-electron chi connectivity index (χ2n) is 3.66. The zero-order valence-electron chi connectivity index (χ0n) is 10.3. The first-order valence-electron chi connectivity index (χ1n) is 5.46. The molecule has 1 aromatic rings. The summed E-state index contributed by atoms with van der Waals surface area (Å²) in [6.07, 6.45) is 0. The van der Waals surface area contributed by atoms with Crippen LogP contribution in [0.5, 0.6) is 11.5 Å². The van der Waals surface area contributed by atoms with Crippen LogP contribution in [-0.4, -0.2) is 24.3 Å². The molecule has 0 fully saturated rings. The van der Waals surface area contributed by atoms with Crippen LogP contribution in [0.15, 0.2) is 18.2 Å². The molecule has 0 bridgehead atoms. The van der Waals surface area contributed by atoms with E-state index in [9.17, 15) is 4.79 Å². The van der Waals surface area contributed by atoms with E-state index in [0.717, 1.165) is 11.5 Å². The Morgan fingerprint density at radius 3 is 2.41 bits per heavy atom. The van der Waals surface area contributed by atoms with Crippen LogP contribution < -0.4 is 9.47 Å². The van der Waals surface area contributed by atoms with Crippen LogP contribution >= 0.6 is 0 Å². The lowest BCUT2D eigenvalue weighted by molar-refractivity contribution is -0.131. The quantitative estimate of drug-likeness (QED) is 0.628. The van der Waals surface area contributed by atoms with Crippen LogP contribution in [0.3, 0.4) is 0 Å². The first-order valence-corrected chi connectivity index (χ1v) is 5.46. The number of esters is 1. The summed E-state index contributed by atoms with van der Waals surface area (Å²) >= 11 is 0. The average Bonchev–Trinajstić information content (AvgIpc) is 2.27. The van der Waals surface area contributed by atoms with Crippen molar-refractivity contribution in [1.82, 2.24) is 0 Å². The molecule has 0 aliphatic heterocycles. The van der Waals surface area contributed by atoms with E-state index in [2.05, 4.69) is 0 Å².